The SMILES string of the molecule is CC1=C(CCC(=O)NCC(C)C(=O)NC2CSSCC(C(=O)NCC(=O)O)NC(=O)C(Cc3ccccc3)NC(=O)C(N)CSSCC(C(=O)NC(CCCN=C(N)N)CONCC(=O)NC(C=O)CC(=O)O)NC(=O)C(CC(=O)O)NC2=O)C(=O)OC1=O. The number of nitrogens with zero attached hydrogens (tertiary/aromatic N) is 1. The van der Waals surface area contributed by atoms with E-state index in [1.807, 2.05) is 0 Å². The largest absolute Gasteiger partial charge is 0.481 e. The fourth-order valence-electron chi connectivity index (χ4n) is 7.61. The van der Waals surface area contributed by atoms with Gasteiger partial charge in [0.2, 0.25) is 53.2 Å². The Morgan fingerprint density at radius 1 is 0.753 bits per heavy atom. The smallest absolute Gasteiger partial charge is 0.342 e. The lowest BCUT2D eigenvalue weighted by atomic mass is 10.0. The fraction of sp³-hybridized carbons (Fsp3) is 0.529. The number of carbonyl (C=O) groups is 15. The zero-order valence-corrected chi connectivity index (χ0v) is 51.3. The van der Waals surface area contributed by atoms with Gasteiger partial charge in [-0.05, 0) is 31.7 Å². The topological polar surface area (TPSA) is 546 Å². The van der Waals surface area contributed by atoms with Crippen molar-refractivity contribution in [2.24, 2.45) is 28.1 Å². The second-order valence-corrected chi connectivity index (χ2v) is 24.7. The lowest BCUT2D eigenvalue weighted by Crippen LogP contribution is -2.59. The van der Waals surface area contributed by atoms with E-state index in [0.717, 1.165) is 43.2 Å². The summed E-state index contributed by atoms with van der Waals surface area (Å²) in [6, 6.07) is -3.43. The monoisotopic (exact) mass is 1330 g/mol. The molecule has 2 aliphatic heterocycles. The van der Waals surface area contributed by atoms with Crippen molar-refractivity contribution in [2.45, 2.75) is 107 Å². The number of esters is 2. The highest BCUT2D eigenvalue weighted by Crippen LogP contribution is 2.26. The number of aldehydes is 1. The van der Waals surface area contributed by atoms with Crippen LogP contribution in [0.3, 0.4) is 0 Å². The maximum absolute atomic E-state index is 14.3. The summed E-state index contributed by atoms with van der Waals surface area (Å²) in [6.45, 7) is 0.587. The summed E-state index contributed by atoms with van der Waals surface area (Å²) >= 11 is 0. The van der Waals surface area contributed by atoms with Crippen LogP contribution in [0, 0.1) is 5.92 Å². The van der Waals surface area contributed by atoms with Crippen LogP contribution in [0.4, 0.5) is 0 Å². The molecule has 0 saturated carbocycles. The summed E-state index contributed by atoms with van der Waals surface area (Å²) in [5, 5.41) is 50.3. The number of amides is 9. The number of nitrogens with one attached hydrogen (secondary N) is 10. The van der Waals surface area contributed by atoms with Crippen molar-refractivity contribution in [3.05, 3.63) is 47.0 Å². The third-order valence-electron chi connectivity index (χ3n) is 12.4. The van der Waals surface area contributed by atoms with Crippen molar-refractivity contribution in [3.8, 4) is 0 Å². The minimum absolute atomic E-state index is 0.000546. The van der Waals surface area contributed by atoms with Gasteiger partial charge >= 0.3 is 29.8 Å². The molecule has 9 unspecified atom stereocenters. The molecule has 19 N–H and O–H groups in total. The Morgan fingerprint density at radius 3 is 1.99 bits per heavy atom. The molecule has 0 bridgehead atoms. The summed E-state index contributed by atoms with van der Waals surface area (Å²) < 4.78 is 4.55. The van der Waals surface area contributed by atoms with E-state index in [4.69, 9.17) is 27.1 Å². The van der Waals surface area contributed by atoms with Crippen molar-refractivity contribution in [3.63, 3.8) is 0 Å². The van der Waals surface area contributed by atoms with E-state index in [1.165, 1.54) is 13.8 Å². The molecule has 0 spiro atoms. The van der Waals surface area contributed by atoms with Gasteiger partial charge in [0, 0.05) is 60.1 Å². The first kappa shape index (κ1) is 75.2. The second-order valence-electron chi connectivity index (χ2n) is 19.6. The summed E-state index contributed by atoms with van der Waals surface area (Å²) in [5.74, 6) is -17.2. The molecule has 0 radical (unpaired) electrons. The zero-order valence-electron chi connectivity index (χ0n) is 48.1. The molecule has 89 heavy (non-hydrogen) atoms. The Bertz CT molecular complexity index is 2800. The molecular weight excluding hydrogens is 1260 g/mol. The predicted molar refractivity (Wildman–Crippen MR) is 322 cm³/mol. The number of aliphatic imine (C=N–C) groups is 1. The molecule has 1 aromatic carbocycles. The van der Waals surface area contributed by atoms with Crippen molar-refractivity contribution in [1.82, 2.24) is 53.3 Å². The summed E-state index contributed by atoms with van der Waals surface area (Å²) in [6.07, 6.45) is -1.88. The van der Waals surface area contributed by atoms with Gasteiger partial charge in [0.1, 0.15) is 43.0 Å². The maximum atomic E-state index is 14.3. The van der Waals surface area contributed by atoms with Gasteiger partial charge in [-0.3, -0.25) is 67.4 Å². The van der Waals surface area contributed by atoms with Gasteiger partial charge in [-0.25, -0.2) is 9.59 Å². The Kier molecular flexibility index (Phi) is 33.6. The highest BCUT2D eigenvalue weighted by atomic mass is 33.1. The van der Waals surface area contributed by atoms with Gasteiger partial charge in [0.05, 0.1) is 50.0 Å². The Labute approximate surface area is 524 Å². The van der Waals surface area contributed by atoms with Gasteiger partial charge in [-0.2, -0.15) is 5.48 Å². The summed E-state index contributed by atoms with van der Waals surface area (Å²) in [4.78, 5) is 203. The number of nitrogens with two attached hydrogens (primary N) is 3. The minimum Gasteiger partial charge on any atom is -0.481 e. The predicted octanol–water partition coefficient (Wildman–Crippen LogP) is -5.42. The summed E-state index contributed by atoms with van der Waals surface area (Å²) in [7, 11) is 3.48. The number of guanidine groups is 1. The number of ether oxygens (including phenoxy) is 1. The van der Waals surface area contributed by atoms with Crippen molar-refractivity contribution >= 4 is 138 Å². The normalized spacial score (nSPS) is 20.9. The van der Waals surface area contributed by atoms with Crippen LogP contribution in [0.2, 0.25) is 0 Å². The quantitative estimate of drug-likeness (QED) is 0.00520. The molecule has 0 aliphatic carbocycles. The van der Waals surface area contributed by atoms with Crippen LogP contribution in [0.15, 0.2) is 46.5 Å². The number of hydrogen-bond donors (Lipinski definition) is 16. The first-order valence-corrected chi connectivity index (χ1v) is 32.1. The minimum atomic E-state index is -1.98. The summed E-state index contributed by atoms with van der Waals surface area (Å²) in [5.41, 5.74) is 20.2. The van der Waals surface area contributed by atoms with Crippen molar-refractivity contribution in [1.29, 1.82) is 0 Å². The van der Waals surface area contributed by atoms with Crippen LogP contribution >= 0.6 is 43.2 Å². The molecule has 34 nitrogen and oxygen atoms in total. The van der Waals surface area contributed by atoms with E-state index in [0.29, 0.717) is 5.56 Å². The van der Waals surface area contributed by atoms with Crippen LogP contribution in [0.5, 0.6) is 0 Å². The number of carboxylic acids is 3. The van der Waals surface area contributed by atoms with Gasteiger partial charge in [-0.15, -0.1) is 0 Å². The van der Waals surface area contributed by atoms with Crippen LogP contribution in [-0.2, 0) is 87.9 Å². The van der Waals surface area contributed by atoms with Crippen LogP contribution in [0.1, 0.15) is 57.9 Å². The van der Waals surface area contributed by atoms with Gasteiger partial charge in [-0.1, -0.05) is 80.4 Å². The number of hydrogen-bond acceptors (Lipinski definition) is 24. The molecule has 9 amide bonds. The Morgan fingerprint density at radius 2 is 1.38 bits per heavy atom. The fourth-order valence-corrected chi connectivity index (χ4v) is 12.2. The molecular formula is C51H72N14O20S4. The average Bonchev–Trinajstić information content (AvgIpc) is 3.57. The van der Waals surface area contributed by atoms with Crippen LogP contribution < -0.4 is 70.5 Å². The molecule has 2 heterocycles. The Hall–Kier alpha value is -8.04. The van der Waals surface area contributed by atoms with Gasteiger partial charge in [0.25, 0.3) is 0 Å². The van der Waals surface area contributed by atoms with Gasteiger partial charge in [0.15, 0.2) is 5.96 Å². The molecule has 3 rings (SSSR count). The lowest BCUT2D eigenvalue weighted by molar-refractivity contribution is -0.151. The van der Waals surface area contributed by atoms with Gasteiger partial charge < -0.3 is 89.9 Å². The number of carbonyl (C=O) groups excluding carboxylic acids is 12. The lowest BCUT2D eigenvalue weighted by Gasteiger charge is -2.27. The third-order valence-corrected chi connectivity index (χ3v) is 17.3. The molecule has 9 atom stereocenters. The molecule has 1 aromatic rings. The second kappa shape index (κ2) is 39.8. The van der Waals surface area contributed by atoms with Crippen LogP contribution in [-0.4, -0.2) is 215 Å². The number of hydroxylamine groups is 1. The number of rotatable bonds is 29. The average molecular weight is 1330 g/mol. The molecule has 1 fully saturated rings. The van der Waals surface area contributed by atoms with Crippen molar-refractivity contribution < 1.29 is 96.8 Å². The van der Waals surface area contributed by atoms with E-state index in [1.54, 1.807) is 30.3 Å². The molecule has 38 heteroatoms. The highest BCUT2D eigenvalue weighted by molar-refractivity contribution is 8.77. The van der Waals surface area contributed by atoms with Crippen LogP contribution in [0.25, 0.3) is 0 Å². The van der Waals surface area contributed by atoms with E-state index >= 15 is 0 Å². The van der Waals surface area contributed by atoms with E-state index in [2.05, 4.69) is 63.1 Å². The molecule has 0 aromatic heterocycles. The van der Waals surface area contributed by atoms with Crippen molar-refractivity contribution in [2.75, 3.05) is 55.8 Å². The zero-order chi connectivity index (χ0) is 66.2. The Balaban J connectivity index is 2.02. The highest BCUT2D eigenvalue weighted by Gasteiger charge is 2.35. The molecule has 490 valence electrons. The number of cyclic esters (lactones) is 2. The first-order chi connectivity index (χ1) is 42.2. The van der Waals surface area contributed by atoms with E-state index in [9.17, 15) is 82.1 Å². The molecule has 2 aliphatic rings. The van der Waals surface area contributed by atoms with E-state index < -0.39 is 176 Å². The number of carboxylic acid groups (broad SMARTS) is 3. The standard InChI is InChI=1S/C51H72N14O20S4/c1-25(16-56-37(67)11-10-30-26(2)49(82)85-50(30)83)42(75)63-36-24-89-88-22-34(44(77)57-18-41(73)74)64-45(78)32(13-27-7-4-3-5-8-27)61-43(76)31(52)21-86-87-23-35(65-46(79)33(15-40(71)72)62-48(36)81)47(80)60-28(9-6-12-55-51(53)54)20-84-58-17-38(68)59-29(19-66)14-39(69)70/h3-5,7-8,19,25,28-29,31-36,58H,6,9-18,20-24,52H2,1-2H3,(H,56,67)(H,57,77)(H,59,68)(H,60,80)(H,61,76)(H,62,81)(H,63,75)(H,64,78)(H,65,79)(H,69,70)(H,71,72)(H,73,74)(H4,53,54,55). The number of benzene rings is 1. The third kappa shape index (κ3) is 29.2. The maximum Gasteiger partial charge on any atom is 0.342 e. The first-order valence-electron chi connectivity index (χ1n) is 27.1. The molecule has 1 saturated heterocycles. The number of aliphatic carboxylic acids is 3. The van der Waals surface area contributed by atoms with E-state index in [-0.39, 0.29) is 85.8 Å².